The van der Waals surface area contributed by atoms with Gasteiger partial charge in [-0.2, -0.15) is 0 Å². The van der Waals surface area contributed by atoms with Crippen molar-refractivity contribution in [1.29, 1.82) is 0 Å². The maximum atomic E-state index is 11.1. The third-order valence-electron chi connectivity index (χ3n) is 2.12. The van der Waals surface area contributed by atoms with Crippen molar-refractivity contribution in [1.82, 2.24) is 9.97 Å². The summed E-state index contributed by atoms with van der Waals surface area (Å²) in [6, 6.07) is 0. The average Bonchev–Trinajstić information content (AvgIpc) is 2.10. The third kappa shape index (κ3) is 2.65. The molecule has 3 N–H and O–H groups in total. The quantitative estimate of drug-likeness (QED) is 0.768. The Balaban J connectivity index is 2.99. The molecule has 82 valence electrons. The maximum Gasteiger partial charge on any atom is 0.242 e. The highest BCUT2D eigenvalue weighted by Crippen LogP contribution is 2.15. The predicted molar refractivity (Wildman–Crippen MR) is 58.4 cm³/mol. The summed E-state index contributed by atoms with van der Waals surface area (Å²) < 4.78 is 0. The summed E-state index contributed by atoms with van der Waals surface area (Å²) >= 11 is 0. The first-order chi connectivity index (χ1) is 6.83. The lowest BCUT2D eigenvalue weighted by Gasteiger charge is -2.23. The number of anilines is 1. The van der Waals surface area contributed by atoms with Crippen LogP contribution in [0.5, 0.6) is 0 Å². The highest BCUT2D eigenvalue weighted by Gasteiger charge is 2.25. The van der Waals surface area contributed by atoms with E-state index in [1.54, 1.807) is 20.0 Å². The second-order valence-corrected chi connectivity index (χ2v) is 4.06. The molecule has 1 aromatic heterocycles. The van der Waals surface area contributed by atoms with Gasteiger partial charge in [0.2, 0.25) is 5.91 Å². The highest BCUT2D eigenvalue weighted by atomic mass is 16.1. The van der Waals surface area contributed by atoms with Crippen LogP contribution in [0.2, 0.25) is 0 Å². The van der Waals surface area contributed by atoms with Gasteiger partial charge in [-0.05, 0) is 27.7 Å². The number of nitrogens with one attached hydrogen (secondary N) is 1. The van der Waals surface area contributed by atoms with Gasteiger partial charge in [0.25, 0.3) is 0 Å². The fourth-order valence-corrected chi connectivity index (χ4v) is 1.01. The summed E-state index contributed by atoms with van der Waals surface area (Å²) in [5.74, 6) is 0.170. The van der Waals surface area contributed by atoms with Crippen molar-refractivity contribution in [2.45, 2.75) is 33.2 Å². The van der Waals surface area contributed by atoms with Crippen molar-refractivity contribution < 1.29 is 4.79 Å². The van der Waals surface area contributed by atoms with E-state index in [0.29, 0.717) is 5.82 Å². The van der Waals surface area contributed by atoms with E-state index in [4.69, 9.17) is 5.73 Å². The molecule has 0 saturated carbocycles. The molecule has 1 aromatic rings. The van der Waals surface area contributed by atoms with Crippen LogP contribution >= 0.6 is 0 Å². The van der Waals surface area contributed by atoms with Gasteiger partial charge in [0.05, 0.1) is 11.4 Å². The fourth-order valence-electron chi connectivity index (χ4n) is 1.01. The van der Waals surface area contributed by atoms with Gasteiger partial charge in [0.15, 0.2) is 0 Å². The summed E-state index contributed by atoms with van der Waals surface area (Å²) in [6.07, 6.45) is 1.68. The van der Waals surface area contributed by atoms with Crippen LogP contribution in [0.3, 0.4) is 0 Å². The topological polar surface area (TPSA) is 80.9 Å². The van der Waals surface area contributed by atoms with Crippen LogP contribution in [0.15, 0.2) is 6.20 Å². The van der Waals surface area contributed by atoms with Gasteiger partial charge >= 0.3 is 0 Å². The monoisotopic (exact) mass is 208 g/mol. The maximum absolute atomic E-state index is 11.1. The number of aryl methyl sites for hydroxylation is 2. The van der Waals surface area contributed by atoms with Gasteiger partial charge in [-0.25, -0.2) is 4.98 Å². The lowest BCUT2D eigenvalue weighted by atomic mass is 10.1. The number of carbonyl (C=O) groups excluding carboxylic acids is 1. The molecule has 0 aliphatic heterocycles. The van der Waals surface area contributed by atoms with E-state index in [1.165, 1.54) is 0 Å². The van der Waals surface area contributed by atoms with Crippen LogP contribution in [-0.4, -0.2) is 21.4 Å². The van der Waals surface area contributed by atoms with Crippen LogP contribution in [0.4, 0.5) is 5.82 Å². The molecule has 1 amide bonds. The first-order valence-corrected chi connectivity index (χ1v) is 4.71. The van der Waals surface area contributed by atoms with Crippen molar-refractivity contribution in [2.24, 2.45) is 5.73 Å². The predicted octanol–water partition coefficient (Wildman–Crippen LogP) is 0.769. The third-order valence-corrected chi connectivity index (χ3v) is 2.12. The fraction of sp³-hybridized carbons (Fsp3) is 0.500. The molecule has 1 rings (SSSR count). The number of primary amides is 1. The molecule has 0 radical (unpaired) electrons. The SMILES string of the molecule is Cc1cnc(C)c(NC(C)(C)C(N)=O)n1. The Morgan fingerprint density at radius 3 is 2.60 bits per heavy atom. The molecule has 5 nitrogen and oxygen atoms in total. The molecule has 0 bridgehead atoms. The lowest BCUT2D eigenvalue weighted by molar-refractivity contribution is -0.121. The molecule has 0 aromatic carbocycles. The summed E-state index contributed by atoms with van der Waals surface area (Å²) in [7, 11) is 0. The molecule has 0 aliphatic carbocycles. The number of nitrogens with zero attached hydrogens (tertiary/aromatic N) is 2. The first-order valence-electron chi connectivity index (χ1n) is 4.71. The van der Waals surface area contributed by atoms with E-state index >= 15 is 0 Å². The molecule has 5 heteroatoms. The van der Waals surface area contributed by atoms with Crippen molar-refractivity contribution in [3.05, 3.63) is 17.6 Å². The van der Waals surface area contributed by atoms with Crippen molar-refractivity contribution in [3.63, 3.8) is 0 Å². The Kier molecular flexibility index (Phi) is 2.93. The Morgan fingerprint density at radius 2 is 2.07 bits per heavy atom. The Morgan fingerprint density at radius 1 is 1.47 bits per heavy atom. The zero-order chi connectivity index (χ0) is 11.6. The molecule has 0 atom stereocenters. The number of rotatable bonds is 3. The standard InChI is InChI=1S/C10H16N4O/c1-6-5-12-7(2)8(13-6)14-10(3,4)9(11)15/h5H,1-4H3,(H2,11,15)(H,13,14). The Hall–Kier alpha value is -1.65. The molecular formula is C10H16N4O. The number of nitrogens with two attached hydrogens (primary N) is 1. The van der Waals surface area contributed by atoms with Crippen molar-refractivity contribution >= 4 is 11.7 Å². The van der Waals surface area contributed by atoms with E-state index in [-0.39, 0.29) is 0 Å². The number of hydrogen-bond donors (Lipinski definition) is 2. The molecule has 0 fully saturated rings. The van der Waals surface area contributed by atoms with E-state index in [2.05, 4.69) is 15.3 Å². The minimum absolute atomic E-state index is 0.426. The molecular weight excluding hydrogens is 192 g/mol. The number of amides is 1. The second-order valence-electron chi connectivity index (χ2n) is 4.06. The van der Waals surface area contributed by atoms with Gasteiger partial charge in [-0.3, -0.25) is 9.78 Å². The van der Waals surface area contributed by atoms with E-state index in [9.17, 15) is 4.79 Å². The van der Waals surface area contributed by atoms with Gasteiger partial charge in [-0.1, -0.05) is 0 Å². The van der Waals surface area contributed by atoms with E-state index < -0.39 is 11.4 Å². The summed E-state index contributed by atoms with van der Waals surface area (Å²) in [5.41, 5.74) is 5.97. The van der Waals surface area contributed by atoms with Crippen LogP contribution < -0.4 is 11.1 Å². The van der Waals surface area contributed by atoms with E-state index in [0.717, 1.165) is 11.4 Å². The summed E-state index contributed by atoms with van der Waals surface area (Å²) in [5, 5.41) is 2.98. The smallest absolute Gasteiger partial charge is 0.242 e. The van der Waals surface area contributed by atoms with Gasteiger partial charge in [0.1, 0.15) is 11.4 Å². The minimum Gasteiger partial charge on any atom is -0.368 e. The normalized spacial score (nSPS) is 11.2. The Bertz CT molecular complexity index is 387. The zero-order valence-corrected chi connectivity index (χ0v) is 9.46. The van der Waals surface area contributed by atoms with Crippen LogP contribution in [-0.2, 0) is 4.79 Å². The van der Waals surface area contributed by atoms with Gasteiger partial charge in [-0.15, -0.1) is 0 Å². The Labute approximate surface area is 89.1 Å². The molecule has 1 heterocycles. The number of hydrogen-bond acceptors (Lipinski definition) is 4. The average molecular weight is 208 g/mol. The van der Waals surface area contributed by atoms with Gasteiger partial charge in [0, 0.05) is 6.20 Å². The van der Waals surface area contributed by atoms with Crippen LogP contribution in [0.25, 0.3) is 0 Å². The van der Waals surface area contributed by atoms with Crippen molar-refractivity contribution in [2.75, 3.05) is 5.32 Å². The number of aromatic nitrogens is 2. The lowest BCUT2D eigenvalue weighted by Crippen LogP contribution is -2.45. The molecule has 0 saturated heterocycles. The summed E-state index contributed by atoms with van der Waals surface area (Å²) in [4.78, 5) is 19.5. The molecule has 0 aliphatic rings. The molecule has 0 spiro atoms. The second kappa shape index (κ2) is 3.84. The van der Waals surface area contributed by atoms with E-state index in [1.807, 2.05) is 13.8 Å². The number of carbonyl (C=O) groups is 1. The van der Waals surface area contributed by atoms with Crippen LogP contribution in [0.1, 0.15) is 25.2 Å². The summed E-state index contributed by atoms with van der Waals surface area (Å²) in [6.45, 7) is 7.08. The zero-order valence-electron chi connectivity index (χ0n) is 9.46. The molecule has 0 unspecified atom stereocenters. The molecule has 15 heavy (non-hydrogen) atoms. The largest absolute Gasteiger partial charge is 0.368 e. The van der Waals surface area contributed by atoms with Gasteiger partial charge < -0.3 is 11.1 Å². The van der Waals surface area contributed by atoms with Crippen LogP contribution in [0, 0.1) is 13.8 Å². The van der Waals surface area contributed by atoms with Crippen molar-refractivity contribution in [3.8, 4) is 0 Å². The minimum atomic E-state index is -0.826. The highest BCUT2D eigenvalue weighted by molar-refractivity contribution is 5.86. The first kappa shape index (κ1) is 11.4.